The maximum absolute atomic E-state index is 12.8. The lowest BCUT2D eigenvalue weighted by Crippen LogP contribution is -2.37. The normalized spacial score (nSPS) is 18.7. The molecule has 0 saturated carbocycles. The maximum Gasteiger partial charge on any atom is 0.251 e. The van der Waals surface area contributed by atoms with Crippen LogP contribution in [0.25, 0.3) is 0 Å². The number of carbonyl (C=O) groups excluding carboxylic acids is 1. The van der Waals surface area contributed by atoms with E-state index >= 15 is 0 Å². The Hall–Kier alpha value is -1.09. The molecular formula is C16H24N2O4S2. The first-order chi connectivity index (χ1) is 11.5. The van der Waals surface area contributed by atoms with Crippen LogP contribution in [0.2, 0.25) is 0 Å². The Labute approximate surface area is 147 Å². The summed E-state index contributed by atoms with van der Waals surface area (Å²) in [6.07, 6.45) is 4.27. The van der Waals surface area contributed by atoms with Crippen LogP contribution >= 0.6 is 11.8 Å². The number of rotatable bonds is 8. The third-order valence-electron chi connectivity index (χ3n) is 4.05. The standard InChI is InChI=1S/C16H24N2O4S2/c1-23-10-4-8-17-16(20)13-5-2-7-15(11-13)24(21,22)18-9-3-6-14(18)12-19/h2,5,7,11,14,19H,3-4,6,8-10,12H2,1H3,(H,17,20)/t14-/m0/s1. The first-order valence-electron chi connectivity index (χ1n) is 8.00. The molecule has 1 aromatic rings. The molecule has 0 radical (unpaired) electrons. The number of hydrogen-bond acceptors (Lipinski definition) is 5. The van der Waals surface area contributed by atoms with E-state index in [-0.39, 0.29) is 23.5 Å². The monoisotopic (exact) mass is 372 g/mol. The van der Waals surface area contributed by atoms with Crippen molar-refractivity contribution >= 4 is 27.7 Å². The summed E-state index contributed by atoms with van der Waals surface area (Å²) >= 11 is 1.71. The van der Waals surface area contributed by atoms with Crippen molar-refractivity contribution in [2.75, 3.05) is 31.7 Å². The van der Waals surface area contributed by atoms with E-state index in [9.17, 15) is 18.3 Å². The lowest BCUT2D eigenvalue weighted by molar-refractivity contribution is 0.0953. The van der Waals surface area contributed by atoms with Crippen molar-refractivity contribution in [3.05, 3.63) is 29.8 Å². The number of sulfonamides is 1. The first-order valence-corrected chi connectivity index (χ1v) is 10.8. The highest BCUT2D eigenvalue weighted by Gasteiger charge is 2.35. The number of aliphatic hydroxyl groups excluding tert-OH is 1. The van der Waals surface area contributed by atoms with Crippen LogP contribution in [-0.4, -0.2) is 61.5 Å². The van der Waals surface area contributed by atoms with E-state index in [1.165, 1.54) is 16.4 Å². The summed E-state index contributed by atoms with van der Waals surface area (Å²) in [7, 11) is -3.70. The quantitative estimate of drug-likeness (QED) is 0.672. The Bertz CT molecular complexity index is 664. The van der Waals surface area contributed by atoms with Gasteiger partial charge < -0.3 is 10.4 Å². The van der Waals surface area contributed by atoms with Crippen molar-refractivity contribution < 1.29 is 18.3 Å². The van der Waals surface area contributed by atoms with Crippen LogP contribution in [0.4, 0.5) is 0 Å². The smallest absolute Gasteiger partial charge is 0.251 e. The van der Waals surface area contributed by atoms with E-state index in [1.807, 2.05) is 6.26 Å². The van der Waals surface area contributed by atoms with Crippen molar-refractivity contribution in [3.63, 3.8) is 0 Å². The highest BCUT2D eigenvalue weighted by molar-refractivity contribution is 7.98. The molecule has 0 bridgehead atoms. The number of benzene rings is 1. The predicted molar refractivity (Wildman–Crippen MR) is 95.8 cm³/mol. The van der Waals surface area contributed by atoms with Gasteiger partial charge in [0, 0.05) is 24.7 Å². The molecule has 1 amide bonds. The first kappa shape index (κ1) is 19.2. The summed E-state index contributed by atoms with van der Waals surface area (Å²) in [4.78, 5) is 12.3. The average molecular weight is 373 g/mol. The van der Waals surface area contributed by atoms with Crippen molar-refractivity contribution in [1.82, 2.24) is 9.62 Å². The van der Waals surface area contributed by atoms with E-state index in [1.54, 1.807) is 23.9 Å². The number of thioether (sulfide) groups is 1. The molecule has 1 heterocycles. The molecule has 1 saturated heterocycles. The van der Waals surface area contributed by atoms with Crippen LogP contribution in [0, 0.1) is 0 Å². The van der Waals surface area contributed by atoms with Crippen LogP contribution in [0.1, 0.15) is 29.6 Å². The molecule has 1 atom stereocenters. The van der Waals surface area contributed by atoms with Crippen LogP contribution in [0.5, 0.6) is 0 Å². The fraction of sp³-hybridized carbons (Fsp3) is 0.562. The number of carbonyl (C=O) groups is 1. The third-order valence-corrected chi connectivity index (χ3v) is 6.69. The maximum atomic E-state index is 12.8. The largest absolute Gasteiger partial charge is 0.395 e. The van der Waals surface area contributed by atoms with Gasteiger partial charge in [0.1, 0.15) is 0 Å². The second-order valence-corrected chi connectivity index (χ2v) is 8.60. The molecule has 0 aliphatic carbocycles. The third kappa shape index (κ3) is 4.50. The van der Waals surface area contributed by atoms with E-state index < -0.39 is 10.0 Å². The van der Waals surface area contributed by atoms with Gasteiger partial charge in [-0.25, -0.2) is 8.42 Å². The van der Waals surface area contributed by atoms with Crippen LogP contribution in [-0.2, 0) is 10.0 Å². The molecule has 0 aromatic heterocycles. The van der Waals surface area contributed by atoms with Gasteiger partial charge in [0.25, 0.3) is 5.91 Å². The minimum Gasteiger partial charge on any atom is -0.395 e. The fourth-order valence-electron chi connectivity index (χ4n) is 2.76. The number of aliphatic hydroxyl groups is 1. The van der Waals surface area contributed by atoms with E-state index in [0.717, 1.165) is 18.6 Å². The fourth-order valence-corrected chi connectivity index (χ4v) is 4.93. The molecule has 2 N–H and O–H groups in total. The topological polar surface area (TPSA) is 86.7 Å². The van der Waals surface area contributed by atoms with Gasteiger partial charge in [0.05, 0.1) is 11.5 Å². The highest BCUT2D eigenvalue weighted by Crippen LogP contribution is 2.26. The molecule has 0 spiro atoms. The molecule has 1 aliphatic heterocycles. The van der Waals surface area contributed by atoms with Crippen LogP contribution in [0.3, 0.4) is 0 Å². The Morgan fingerprint density at radius 3 is 2.96 bits per heavy atom. The van der Waals surface area contributed by atoms with E-state index in [0.29, 0.717) is 25.1 Å². The molecular weight excluding hydrogens is 348 g/mol. The summed E-state index contributed by atoms with van der Waals surface area (Å²) in [6.45, 7) is 0.781. The zero-order chi connectivity index (χ0) is 17.6. The van der Waals surface area contributed by atoms with Gasteiger partial charge in [-0.2, -0.15) is 16.1 Å². The number of hydrogen-bond donors (Lipinski definition) is 2. The lowest BCUT2D eigenvalue weighted by atomic mass is 10.2. The van der Waals surface area contributed by atoms with Gasteiger partial charge >= 0.3 is 0 Å². The SMILES string of the molecule is CSCCCNC(=O)c1cccc(S(=O)(=O)N2CCC[C@H]2CO)c1. The molecule has 0 unspecified atom stereocenters. The Balaban J connectivity index is 2.13. The summed E-state index contributed by atoms with van der Waals surface area (Å²) in [5.74, 6) is 0.694. The van der Waals surface area contributed by atoms with Gasteiger partial charge in [-0.3, -0.25) is 4.79 Å². The van der Waals surface area contributed by atoms with Gasteiger partial charge in [-0.1, -0.05) is 6.07 Å². The lowest BCUT2D eigenvalue weighted by Gasteiger charge is -2.22. The molecule has 8 heteroatoms. The van der Waals surface area contributed by atoms with E-state index in [2.05, 4.69) is 5.32 Å². The molecule has 2 rings (SSSR count). The zero-order valence-electron chi connectivity index (χ0n) is 13.8. The molecule has 24 heavy (non-hydrogen) atoms. The van der Waals surface area contributed by atoms with Crippen molar-refractivity contribution in [2.24, 2.45) is 0 Å². The Morgan fingerprint density at radius 2 is 2.25 bits per heavy atom. The predicted octanol–water partition coefficient (Wildman–Crippen LogP) is 1.31. The van der Waals surface area contributed by atoms with Crippen LogP contribution in [0.15, 0.2) is 29.2 Å². The second kappa shape index (κ2) is 8.84. The Morgan fingerprint density at radius 1 is 1.46 bits per heavy atom. The van der Waals surface area contributed by atoms with Gasteiger partial charge in [0.15, 0.2) is 0 Å². The minimum absolute atomic E-state index is 0.0969. The van der Waals surface area contributed by atoms with Crippen molar-refractivity contribution in [1.29, 1.82) is 0 Å². The summed E-state index contributed by atoms with van der Waals surface area (Å²) in [5, 5.41) is 12.2. The van der Waals surface area contributed by atoms with Gasteiger partial charge in [-0.15, -0.1) is 0 Å². The number of amides is 1. The van der Waals surface area contributed by atoms with Gasteiger partial charge in [-0.05, 0) is 49.5 Å². The summed E-state index contributed by atoms with van der Waals surface area (Å²) in [6, 6.07) is 5.71. The van der Waals surface area contributed by atoms with E-state index in [4.69, 9.17) is 0 Å². The van der Waals surface area contributed by atoms with Gasteiger partial charge in [0.2, 0.25) is 10.0 Å². The number of nitrogens with zero attached hydrogens (tertiary/aromatic N) is 1. The summed E-state index contributed by atoms with van der Waals surface area (Å²) < 4.78 is 26.9. The molecule has 134 valence electrons. The van der Waals surface area contributed by atoms with Crippen molar-refractivity contribution in [3.8, 4) is 0 Å². The zero-order valence-corrected chi connectivity index (χ0v) is 15.4. The Kier molecular flexibility index (Phi) is 7.09. The average Bonchev–Trinajstić information content (AvgIpc) is 3.08. The molecule has 1 aromatic carbocycles. The van der Waals surface area contributed by atoms with Crippen molar-refractivity contribution in [2.45, 2.75) is 30.2 Å². The summed E-state index contributed by atoms with van der Waals surface area (Å²) in [5.41, 5.74) is 0.333. The number of nitrogens with one attached hydrogen (secondary N) is 1. The highest BCUT2D eigenvalue weighted by atomic mass is 32.2. The van der Waals surface area contributed by atoms with Crippen LogP contribution < -0.4 is 5.32 Å². The molecule has 6 nitrogen and oxygen atoms in total. The second-order valence-electron chi connectivity index (χ2n) is 5.72. The minimum atomic E-state index is -3.70. The molecule has 1 fully saturated rings. The molecule has 1 aliphatic rings.